The molecule has 7 heteroatoms. The van der Waals surface area contributed by atoms with Crippen LogP contribution in [0.5, 0.6) is 0 Å². The molecule has 1 unspecified atom stereocenters. The number of benzene rings is 2. The van der Waals surface area contributed by atoms with E-state index in [9.17, 15) is 19.7 Å². The van der Waals surface area contributed by atoms with E-state index in [1.54, 1.807) is 23.1 Å². The molecule has 2 amide bonds. The molecule has 7 nitrogen and oxygen atoms in total. The highest BCUT2D eigenvalue weighted by Crippen LogP contribution is 2.26. The number of nitrogens with one attached hydrogen (secondary N) is 1. The summed E-state index contributed by atoms with van der Waals surface area (Å²) >= 11 is 0. The number of non-ortho nitro benzene ring substituents is 1. The van der Waals surface area contributed by atoms with Gasteiger partial charge < -0.3 is 10.2 Å². The quantitative estimate of drug-likeness (QED) is 0.512. The van der Waals surface area contributed by atoms with Gasteiger partial charge in [0.15, 0.2) is 0 Å². The summed E-state index contributed by atoms with van der Waals surface area (Å²) in [5, 5.41) is 13.7. The number of amides is 2. The molecule has 0 radical (unpaired) electrons. The lowest BCUT2D eigenvalue weighted by molar-refractivity contribution is -0.384. The minimum Gasteiger partial charge on any atom is -0.354 e. The minimum absolute atomic E-state index is 0.0312. The van der Waals surface area contributed by atoms with Crippen molar-refractivity contribution in [1.82, 2.24) is 10.2 Å². The molecule has 138 valence electrons. The highest BCUT2D eigenvalue weighted by Gasteiger charge is 2.28. The van der Waals surface area contributed by atoms with Gasteiger partial charge in [0.25, 0.3) is 5.69 Å². The summed E-state index contributed by atoms with van der Waals surface area (Å²) in [7, 11) is 0. The Bertz CT molecular complexity index is 880. The van der Waals surface area contributed by atoms with Gasteiger partial charge in [0.05, 0.1) is 17.4 Å². The molecule has 1 N–H and O–H groups in total. The number of hydrogen-bond donors (Lipinski definition) is 1. The molecule has 0 aliphatic carbocycles. The minimum atomic E-state index is -0.476. The van der Waals surface area contributed by atoms with Crippen LogP contribution >= 0.6 is 0 Å². The van der Waals surface area contributed by atoms with Gasteiger partial charge >= 0.3 is 0 Å². The third kappa shape index (κ3) is 4.58. The zero-order chi connectivity index (χ0) is 19.2. The third-order valence-corrected chi connectivity index (χ3v) is 4.40. The molecule has 0 bridgehead atoms. The smallest absolute Gasteiger partial charge is 0.270 e. The van der Waals surface area contributed by atoms with E-state index in [2.05, 4.69) is 5.32 Å². The lowest BCUT2D eigenvalue weighted by Gasteiger charge is -2.28. The molecule has 1 aliphatic heterocycles. The Morgan fingerprint density at radius 3 is 2.70 bits per heavy atom. The second-order valence-electron chi connectivity index (χ2n) is 6.20. The van der Waals surface area contributed by atoms with E-state index in [1.807, 2.05) is 30.3 Å². The number of nitrogens with zero attached hydrogens (tertiary/aromatic N) is 2. The molecule has 1 fully saturated rings. The van der Waals surface area contributed by atoms with Gasteiger partial charge in [-0.05, 0) is 17.2 Å². The van der Waals surface area contributed by atoms with Crippen molar-refractivity contribution in [2.24, 2.45) is 0 Å². The number of carbonyl (C=O) groups is 2. The lowest BCUT2D eigenvalue weighted by Crippen LogP contribution is -2.35. The Morgan fingerprint density at radius 1 is 1.19 bits per heavy atom. The second-order valence-corrected chi connectivity index (χ2v) is 6.20. The van der Waals surface area contributed by atoms with Gasteiger partial charge in [0, 0.05) is 31.3 Å². The number of carbonyl (C=O) groups excluding carboxylic acids is 2. The van der Waals surface area contributed by atoms with Crippen molar-refractivity contribution in [1.29, 1.82) is 0 Å². The summed E-state index contributed by atoms with van der Waals surface area (Å²) in [5.41, 5.74) is 1.43. The monoisotopic (exact) mass is 365 g/mol. The average molecular weight is 365 g/mol. The SMILES string of the molecule is O=C1CC(c2ccccc2)N(C(=O)/C=C/c2cccc([N+](=O)[O-])c2)CCN1. The molecule has 27 heavy (non-hydrogen) atoms. The van der Waals surface area contributed by atoms with Crippen LogP contribution in [0.1, 0.15) is 23.6 Å². The normalized spacial score (nSPS) is 17.4. The summed E-state index contributed by atoms with van der Waals surface area (Å²) in [6.45, 7) is 0.780. The Balaban J connectivity index is 1.83. The van der Waals surface area contributed by atoms with E-state index in [1.165, 1.54) is 18.2 Å². The fourth-order valence-corrected chi connectivity index (χ4v) is 3.07. The van der Waals surface area contributed by atoms with E-state index < -0.39 is 4.92 Å². The first-order chi connectivity index (χ1) is 13.0. The summed E-state index contributed by atoms with van der Waals surface area (Å²) in [5.74, 6) is -0.339. The zero-order valence-electron chi connectivity index (χ0n) is 14.6. The van der Waals surface area contributed by atoms with Crippen LogP contribution < -0.4 is 5.32 Å². The predicted octanol–water partition coefficient (Wildman–Crippen LogP) is 2.70. The number of nitro benzene ring substituents is 1. The Morgan fingerprint density at radius 2 is 1.96 bits per heavy atom. The fourth-order valence-electron chi connectivity index (χ4n) is 3.07. The van der Waals surface area contributed by atoms with E-state index in [-0.39, 0.29) is 30.0 Å². The van der Waals surface area contributed by atoms with Crippen molar-refractivity contribution < 1.29 is 14.5 Å². The van der Waals surface area contributed by atoms with Crippen LogP contribution in [-0.4, -0.2) is 34.7 Å². The highest BCUT2D eigenvalue weighted by molar-refractivity contribution is 5.93. The molecule has 0 aromatic heterocycles. The zero-order valence-corrected chi connectivity index (χ0v) is 14.6. The van der Waals surface area contributed by atoms with Crippen molar-refractivity contribution in [3.8, 4) is 0 Å². The molecule has 0 spiro atoms. The standard InChI is InChI=1S/C20H19N3O4/c24-19-14-18(16-6-2-1-3-7-16)22(12-11-21-19)20(25)10-9-15-5-4-8-17(13-15)23(26)27/h1-10,13,18H,11-12,14H2,(H,21,24)/b10-9+. The van der Waals surface area contributed by atoms with Crippen LogP contribution in [0, 0.1) is 10.1 Å². The molecule has 2 aromatic rings. The maximum absolute atomic E-state index is 12.8. The van der Waals surface area contributed by atoms with Gasteiger partial charge in [-0.25, -0.2) is 0 Å². The van der Waals surface area contributed by atoms with Gasteiger partial charge in [0.2, 0.25) is 11.8 Å². The molecule has 0 saturated carbocycles. The van der Waals surface area contributed by atoms with Crippen molar-refractivity contribution in [3.05, 3.63) is 81.9 Å². The van der Waals surface area contributed by atoms with Crippen LogP contribution in [0.15, 0.2) is 60.7 Å². The second kappa shape index (κ2) is 8.27. The maximum atomic E-state index is 12.8. The molecular formula is C20H19N3O4. The number of hydrogen-bond acceptors (Lipinski definition) is 4. The van der Waals surface area contributed by atoms with E-state index in [0.717, 1.165) is 5.56 Å². The Kier molecular flexibility index (Phi) is 5.61. The Labute approximate surface area is 156 Å². The fraction of sp³-hybridized carbons (Fsp3) is 0.200. The van der Waals surface area contributed by atoms with E-state index in [0.29, 0.717) is 18.7 Å². The van der Waals surface area contributed by atoms with Crippen molar-refractivity contribution >= 4 is 23.6 Å². The average Bonchev–Trinajstić information content (AvgIpc) is 2.88. The van der Waals surface area contributed by atoms with Crippen LogP contribution in [0.2, 0.25) is 0 Å². The van der Waals surface area contributed by atoms with E-state index >= 15 is 0 Å². The maximum Gasteiger partial charge on any atom is 0.270 e. The lowest BCUT2D eigenvalue weighted by atomic mass is 10.0. The number of rotatable bonds is 4. The van der Waals surface area contributed by atoms with Crippen LogP contribution in [0.3, 0.4) is 0 Å². The molecule has 1 atom stereocenters. The van der Waals surface area contributed by atoms with Gasteiger partial charge in [0.1, 0.15) is 0 Å². The molecule has 1 aliphatic rings. The predicted molar refractivity (Wildman–Crippen MR) is 101 cm³/mol. The molecular weight excluding hydrogens is 346 g/mol. The third-order valence-electron chi connectivity index (χ3n) is 4.40. The molecule has 3 rings (SSSR count). The largest absolute Gasteiger partial charge is 0.354 e. The Hall–Kier alpha value is -3.48. The summed E-state index contributed by atoms with van der Waals surface area (Å²) in [4.78, 5) is 36.8. The van der Waals surface area contributed by atoms with E-state index in [4.69, 9.17) is 0 Å². The molecule has 1 saturated heterocycles. The first-order valence-corrected chi connectivity index (χ1v) is 8.59. The molecule has 2 aromatic carbocycles. The summed E-state index contributed by atoms with van der Waals surface area (Å²) in [6, 6.07) is 15.1. The van der Waals surface area contributed by atoms with Crippen LogP contribution in [0.25, 0.3) is 6.08 Å². The van der Waals surface area contributed by atoms with Crippen LogP contribution in [0.4, 0.5) is 5.69 Å². The van der Waals surface area contributed by atoms with Crippen molar-refractivity contribution in [3.63, 3.8) is 0 Å². The first-order valence-electron chi connectivity index (χ1n) is 8.59. The summed E-state index contributed by atoms with van der Waals surface area (Å²) < 4.78 is 0. The van der Waals surface area contributed by atoms with Crippen LogP contribution in [-0.2, 0) is 9.59 Å². The summed E-state index contributed by atoms with van der Waals surface area (Å²) in [6.07, 6.45) is 3.14. The van der Waals surface area contributed by atoms with Gasteiger partial charge in [-0.3, -0.25) is 19.7 Å². The topological polar surface area (TPSA) is 92.5 Å². The van der Waals surface area contributed by atoms with Gasteiger partial charge in [-0.2, -0.15) is 0 Å². The number of nitro groups is 1. The first kappa shape index (κ1) is 18.3. The van der Waals surface area contributed by atoms with Crippen molar-refractivity contribution in [2.45, 2.75) is 12.5 Å². The van der Waals surface area contributed by atoms with Gasteiger partial charge in [-0.15, -0.1) is 0 Å². The highest BCUT2D eigenvalue weighted by atomic mass is 16.6. The van der Waals surface area contributed by atoms with Gasteiger partial charge in [-0.1, -0.05) is 42.5 Å². The molecule has 1 heterocycles. The van der Waals surface area contributed by atoms with Crippen molar-refractivity contribution in [2.75, 3.05) is 13.1 Å².